The summed E-state index contributed by atoms with van der Waals surface area (Å²) in [5.41, 5.74) is 3.34. The summed E-state index contributed by atoms with van der Waals surface area (Å²) < 4.78 is 4.61. The van der Waals surface area contributed by atoms with Crippen molar-refractivity contribution in [3.63, 3.8) is 0 Å². The van der Waals surface area contributed by atoms with Crippen LogP contribution in [0.15, 0.2) is 73.1 Å². The number of hydrogen-bond acceptors (Lipinski definition) is 5. The molecule has 0 saturated carbocycles. The van der Waals surface area contributed by atoms with Crippen molar-refractivity contribution < 1.29 is 4.79 Å². The van der Waals surface area contributed by atoms with Crippen molar-refractivity contribution in [2.75, 3.05) is 5.32 Å². The maximum Gasteiger partial charge on any atom is 0.281 e. The molecule has 0 bridgehead atoms. The number of hydrogen-bond donors (Lipinski definition) is 1. The molecule has 1 N–H and O–H groups in total. The smallest absolute Gasteiger partial charge is 0.281 e. The summed E-state index contributed by atoms with van der Waals surface area (Å²) >= 11 is 1.44. The quantitative estimate of drug-likeness (QED) is 0.465. The minimum atomic E-state index is -0.339. The van der Waals surface area contributed by atoms with Gasteiger partial charge in [0, 0.05) is 12.4 Å². The largest absolute Gasteiger partial charge is 0.307 e. The molecule has 0 atom stereocenters. The summed E-state index contributed by atoms with van der Waals surface area (Å²) in [6.45, 7) is 2.54. The fraction of sp³-hybridized carbons (Fsp3) is 0.0909. The second-order valence-corrected chi connectivity index (χ2v) is 7.97. The Bertz CT molecular complexity index is 1320. The lowest BCUT2D eigenvalue weighted by Gasteiger charge is -2.09. The van der Waals surface area contributed by atoms with Crippen LogP contribution in [0, 0.1) is 6.92 Å². The van der Waals surface area contributed by atoms with Crippen LogP contribution in [0.25, 0.3) is 16.0 Å². The van der Waals surface area contributed by atoms with Gasteiger partial charge in [-0.25, -0.2) is 9.67 Å². The van der Waals surface area contributed by atoms with Gasteiger partial charge in [0.2, 0.25) is 0 Å². The first-order chi connectivity index (χ1) is 14.7. The normalized spacial score (nSPS) is 11.1. The van der Waals surface area contributed by atoms with Gasteiger partial charge in [0.05, 0.1) is 16.8 Å². The molecule has 7 nitrogen and oxygen atoms in total. The maximum atomic E-state index is 13.1. The van der Waals surface area contributed by atoms with Crippen molar-refractivity contribution in [2.45, 2.75) is 13.5 Å². The number of anilines is 1. The SMILES string of the molecule is Cc1ccc2nc(NC(=O)c3nnn(Cc4ccccc4)c3-n3cccc3)sc2c1. The first kappa shape index (κ1) is 18.3. The fourth-order valence-electron chi connectivity index (χ4n) is 3.29. The highest BCUT2D eigenvalue weighted by Crippen LogP contribution is 2.27. The first-order valence-corrected chi connectivity index (χ1v) is 10.3. The molecule has 5 aromatic rings. The summed E-state index contributed by atoms with van der Waals surface area (Å²) in [4.78, 5) is 17.6. The van der Waals surface area contributed by atoms with E-state index in [9.17, 15) is 4.79 Å². The van der Waals surface area contributed by atoms with E-state index in [-0.39, 0.29) is 11.6 Å². The highest BCUT2D eigenvalue weighted by atomic mass is 32.1. The van der Waals surface area contributed by atoms with E-state index in [1.165, 1.54) is 11.3 Å². The van der Waals surface area contributed by atoms with Crippen LogP contribution in [-0.4, -0.2) is 30.5 Å². The molecule has 0 unspecified atom stereocenters. The minimum Gasteiger partial charge on any atom is -0.307 e. The van der Waals surface area contributed by atoms with Crippen LogP contribution in [0.2, 0.25) is 0 Å². The number of carbonyl (C=O) groups excluding carboxylic acids is 1. The summed E-state index contributed by atoms with van der Waals surface area (Å²) in [7, 11) is 0. The molecule has 0 aliphatic rings. The monoisotopic (exact) mass is 414 g/mol. The molecule has 0 fully saturated rings. The van der Waals surface area contributed by atoms with E-state index in [1.807, 2.05) is 78.5 Å². The summed E-state index contributed by atoms with van der Waals surface area (Å²) in [6.07, 6.45) is 3.74. The topological polar surface area (TPSA) is 77.6 Å². The van der Waals surface area contributed by atoms with Gasteiger partial charge in [-0.15, -0.1) is 5.10 Å². The van der Waals surface area contributed by atoms with Crippen LogP contribution in [0.5, 0.6) is 0 Å². The molecule has 3 aromatic heterocycles. The number of amides is 1. The van der Waals surface area contributed by atoms with E-state index >= 15 is 0 Å². The Kier molecular flexibility index (Phi) is 4.61. The van der Waals surface area contributed by atoms with Gasteiger partial charge >= 0.3 is 0 Å². The Morgan fingerprint density at radius 1 is 1.07 bits per heavy atom. The Morgan fingerprint density at radius 3 is 2.67 bits per heavy atom. The van der Waals surface area contributed by atoms with Gasteiger partial charge in [0.1, 0.15) is 0 Å². The zero-order valence-electron chi connectivity index (χ0n) is 16.2. The molecule has 0 aliphatic heterocycles. The Labute approximate surface area is 176 Å². The highest BCUT2D eigenvalue weighted by Gasteiger charge is 2.22. The van der Waals surface area contributed by atoms with E-state index in [1.54, 1.807) is 4.68 Å². The van der Waals surface area contributed by atoms with E-state index < -0.39 is 0 Å². The molecule has 148 valence electrons. The van der Waals surface area contributed by atoms with E-state index in [0.29, 0.717) is 17.5 Å². The molecular formula is C22H18N6OS. The zero-order chi connectivity index (χ0) is 20.5. The van der Waals surface area contributed by atoms with Gasteiger partial charge in [-0.3, -0.25) is 10.1 Å². The molecular weight excluding hydrogens is 396 g/mol. The van der Waals surface area contributed by atoms with Gasteiger partial charge in [-0.05, 0) is 42.3 Å². The number of nitrogens with one attached hydrogen (secondary N) is 1. The van der Waals surface area contributed by atoms with Crippen molar-refractivity contribution in [2.24, 2.45) is 0 Å². The summed E-state index contributed by atoms with van der Waals surface area (Å²) in [5.74, 6) is 0.270. The van der Waals surface area contributed by atoms with Gasteiger partial charge in [0.25, 0.3) is 5.91 Å². The van der Waals surface area contributed by atoms with E-state index in [0.717, 1.165) is 21.3 Å². The number of carbonyl (C=O) groups is 1. The Hall–Kier alpha value is -3.78. The molecule has 8 heteroatoms. The highest BCUT2D eigenvalue weighted by molar-refractivity contribution is 7.22. The van der Waals surface area contributed by atoms with Crippen LogP contribution in [0.3, 0.4) is 0 Å². The van der Waals surface area contributed by atoms with Crippen molar-refractivity contribution in [1.82, 2.24) is 24.5 Å². The van der Waals surface area contributed by atoms with Crippen molar-refractivity contribution in [3.8, 4) is 5.82 Å². The molecule has 1 amide bonds. The molecule has 2 aromatic carbocycles. The zero-order valence-corrected chi connectivity index (χ0v) is 17.0. The molecule has 0 aliphatic carbocycles. The number of aryl methyl sites for hydroxylation is 1. The van der Waals surface area contributed by atoms with Gasteiger partial charge < -0.3 is 4.57 Å². The number of rotatable bonds is 5. The molecule has 30 heavy (non-hydrogen) atoms. The van der Waals surface area contributed by atoms with Crippen LogP contribution < -0.4 is 5.32 Å². The number of aromatic nitrogens is 5. The van der Waals surface area contributed by atoms with Crippen molar-refractivity contribution in [1.29, 1.82) is 0 Å². The second kappa shape index (κ2) is 7.57. The van der Waals surface area contributed by atoms with E-state index in [4.69, 9.17) is 0 Å². The lowest BCUT2D eigenvalue weighted by molar-refractivity contribution is 0.102. The number of benzene rings is 2. The average Bonchev–Trinajstić information content (AvgIpc) is 3.47. The summed E-state index contributed by atoms with van der Waals surface area (Å²) in [6, 6.07) is 19.8. The minimum absolute atomic E-state index is 0.248. The second-order valence-electron chi connectivity index (χ2n) is 6.94. The maximum absolute atomic E-state index is 13.1. The van der Waals surface area contributed by atoms with Gasteiger partial charge in [-0.2, -0.15) is 0 Å². The van der Waals surface area contributed by atoms with E-state index in [2.05, 4.69) is 26.7 Å². The summed E-state index contributed by atoms with van der Waals surface area (Å²) in [5, 5.41) is 11.9. The number of thiazole rings is 1. The van der Waals surface area contributed by atoms with Crippen LogP contribution in [0.4, 0.5) is 5.13 Å². The standard InChI is InChI=1S/C22H18N6OS/c1-15-9-10-17-18(13-15)30-22(23-17)24-20(29)19-21(27-11-5-6-12-27)28(26-25-19)14-16-7-3-2-4-8-16/h2-13H,14H2,1H3,(H,23,24,29). The fourth-order valence-corrected chi connectivity index (χ4v) is 4.25. The van der Waals surface area contributed by atoms with Crippen molar-refractivity contribution in [3.05, 3.63) is 89.9 Å². The number of nitrogens with zero attached hydrogens (tertiary/aromatic N) is 5. The molecule has 3 heterocycles. The predicted octanol–water partition coefficient (Wildman–Crippen LogP) is 4.29. The Morgan fingerprint density at radius 2 is 1.87 bits per heavy atom. The third-order valence-corrected chi connectivity index (χ3v) is 5.65. The lowest BCUT2D eigenvalue weighted by atomic mass is 10.2. The van der Waals surface area contributed by atoms with Crippen LogP contribution >= 0.6 is 11.3 Å². The molecule has 0 spiro atoms. The van der Waals surface area contributed by atoms with Crippen LogP contribution in [-0.2, 0) is 6.54 Å². The predicted molar refractivity (Wildman–Crippen MR) is 117 cm³/mol. The van der Waals surface area contributed by atoms with Crippen molar-refractivity contribution >= 4 is 32.6 Å². The molecule has 5 rings (SSSR count). The first-order valence-electron chi connectivity index (χ1n) is 9.47. The number of fused-ring (bicyclic) bond motifs is 1. The van der Waals surface area contributed by atoms with Gasteiger partial charge in [0.15, 0.2) is 16.6 Å². The third kappa shape index (κ3) is 3.48. The lowest BCUT2D eigenvalue weighted by Crippen LogP contribution is -2.16. The average molecular weight is 414 g/mol. The molecule has 0 radical (unpaired) electrons. The van der Waals surface area contributed by atoms with Crippen LogP contribution in [0.1, 0.15) is 21.6 Å². The molecule has 0 saturated heterocycles. The third-order valence-electron chi connectivity index (χ3n) is 4.71. The Balaban J connectivity index is 1.49. The van der Waals surface area contributed by atoms with Gasteiger partial charge in [-0.1, -0.05) is 52.9 Å².